The minimum atomic E-state index is -1.74. The van der Waals surface area contributed by atoms with E-state index in [1.165, 1.54) is 6.20 Å². The third-order valence-electron chi connectivity index (χ3n) is 8.38. The van der Waals surface area contributed by atoms with E-state index in [0.29, 0.717) is 52.2 Å². The van der Waals surface area contributed by atoms with E-state index in [4.69, 9.17) is 35.7 Å². The maximum Gasteiger partial charge on any atom is 0.161 e. The Morgan fingerprint density at radius 3 is 2.40 bits per heavy atom. The van der Waals surface area contributed by atoms with Gasteiger partial charge in [-0.3, -0.25) is 9.88 Å². The van der Waals surface area contributed by atoms with E-state index in [1.807, 2.05) is 43.3 Å². The van der Waals surface area contributed by atoms with Gasteiger partial charge < -0.3 is 44.5 Å². The second-order valence-electron chi connectivity index (χ2n) is 12.1. The third-order valence-corrected chi connectivity index (χ3v) is 8.68. The molecule has 5 rings (SSSR count). The van der Waals surface area contributed by atoms with Crippen LogP contribution in [0, 0.1) is 18.3 Å². The summed E-state index contributed by atoms with van der Waals surface area (Å²) in [6, 6.07) is 19.0. The molecule has 4 aromatic rings. The first-order valence-electron chi connectivity index (χ1n) is 16.0. The maximum atomic E-state index is 10.5. The molecule has 50 heavy (non-hydrogen) atoms. The molecule has 0 spiro atoms. The minimum absolute atomic E-state index is 0.0869. The van der Waals surface area contributed by atoms with E-state index in [9.17, 15) is 25.7 Å². The normalized spacial score (nSPS) is 14.8. The molecule has 5 N–H and O–H groups in total. The molecule has 1 aromatic heterocycles. The van der Waals surface area contributed by atoms with Gasteiger partial charge in [0.1, 0.15) is 62.3 Å². The van der Waals surface area contributed by atoms with Crippen LogP contribution in [0.3, 0.4) is 0 Å². The monoisotopic (exact) mass is 705 g/mol. The van der Waals surface area contributed by atoms with Gasteiger partial charge in [0.25, 0.3) is 0 Å². The van der Waals surface area contributed by atoms with Crippen molar-refractivity contribution in [1.82, 2.24) is 9.88 Å². The van der Waals surface area contributed by atoms with Gasteiger partial charge in [0.2, 0.25) is 0 Å². The van der Waals surface area contributed by atoms with Crippen molar-refractivity contribution >= 4 is 11.6 Å². The molecule has 0 fully saturated rings. The molecule has 4 atom stereocenters. The number of aliphatic hydroxyl groups is 5. The molecule has 0 saturated heterocycles. The van der Waals surface area contributed by atoms with Crippen LogP contribution >= 0.6 is 11.6 Å². The zero-order chi connectivity index (χ0) is 35.8. The summed E-state index contributed by atoms with van der Waals surface area (Å²) in [5.74, 6) is 2.22. The van der Waals surface area contributed by atoms with E-state index in [-0.39, 0.29) is 26.3 Å². The molecule has 2 heterocycles. The fraction of sp³-hybridized carbons (Fsp3) is 0.351. The number of fused-ring (bicyclic) bond motifs is 1. The summed E-state index contributed by atoms with van der Waals surface area (Å²) in [7, 11) is 1.69. The fourth-order valence-electron chi connectivity index (χ4n) is 5.60. The van der Waals surface area contributed by atoms with Gasteiger partial charge in [-0.05, 0) is 60.5 Å². The fourth-order valence-corrected chi connectivity index (χ4v) is 5.84. The molecule has 264 valence electrons. The summed E-state index contributed by atoms with van der Waals surface area (Å²) >= 11 is 6.75. The Morgan fingerprint density at radius 2 is 1.64 bits per heavy atom. The number of pyridine rings is 1. The summed E-state index contributed by atoms with van der Waals surface area (Å²) in [6.07, 6.45) is -3.44. The van der Waals surface area contributed by atoms with Crippen LogP contribution in [0.5, 0.6) is 23.0 Å². The van der Waals surface area contributed by atoms with Gasteiger partial charge in [0, 0.05) is 42.7 Å². The van der Waals surface area contributed by atoms with E-state index in [1.54, 1.807) is 36.3 Å². The number of ether oxygens (including phenoxy) is 4. The number of aromatic nitrogens is 1. The molecular weight excluding hydrogens is 666 g/mol. The summed E-state index contributed by atoms with van der Waals surface area (Å²) in [5.41, 5.74) is 5.67. The number of nitrogens with zero attached hydrogens (tertiary/aromatic N) is 3. The van der Waals surface area contributed by atoms with E-state index in [2.05, 4.69) is 11.1 Å². The lowest BCUT2D eigenvalue weighted by atomic mass is 9.96. The van der Waals surface area contributed by atoms with Gasteiger partial charge in [-0.1, -0.05) is 35.9 Å². The average molecular weight is 706 g/mol. The Morgan fingerprint density at radius 1 is 0.900 bits per heavy atom. The van der Waals surface area contributed by atoms with Gasteiger partial charge in [-0.15, -0.1) is 0 Å². The summed E-state index contributed by atoms with van der Waals surface area (Å²) in [4.78, 5) is 5.77. The molecule has 1 aliphatic heterocycles. The Labute approximate surface area is 295 Å². The average Bonchev–Trinajstić information content (AvgIpc) is 3.13. The number of hydrogen-bond acceptors (Lipinski definition) is 12. The summed E-state index contributed by atoms with van der Waals surface area (Å²) in [6.45, 7) is 2.67. The van der Waals surface area contributed by atoms with Crippen LogP contribution in [0.25, 0.3) is 11.1 Å². The molecule has 0 saturated carbocycles. The zero-order valence-electron chi connectivity index (χ0n) is 27.7. The predicted molar refractivity (Wildman–Crippen MR) is 184 cm³/mol. The Bertz CT molecular complexity index is 1820. The second kappa shape index (κ2) is 17.0. The number of rotatable bonds is 15. The number of hydrogen-bond donors (Lipinski definition) is 5. The van der Waals surface area contributed by atoms with Crippen LogP contribution in [-0.4, -0.2) is 93.2 Å². The largest absolute Gasteiger partial charge is 0.488 e. The third kappa shape index (κ3) is 9.01. The second-order valence-corrected chi connectivity index (χ2v) is 12.5. The van der Waals surface area contributed by atoms with Gasteiger partial charge in [-0.2, -0.15) is 5.26 Å². The van der Waals surface area contributed by atoms with Crippen molar-refractivity contribution in [1.29, 1.82) is 5.26 Å². The maximum absolute atomic E-state index is 10.5. The van der Waals surface area contributed by atoms with Crippen LogP contribution < -0.4 is 18.9 Å². The van der Waals surface area contributed by atoms with Crippen molar-refractivity contribution in [3.05, 3.63) is 99.8 Å². The number of likely N-dealkylation sites (N-methyl/N-ethyl adjacent to an activating group) is 1. The van der Waals surface area contributed by atoms with Gasteiger partial charge in [0.15, 0.2) is 11.5 Å². The standard InChI is InChI=1S/C37H40ClN3O9/c1-22-26(4-3-5-28(22)25-6-7-32-35(12-25)48-9-8-47-32)21-50-34-13-33(49-20-24-10-23(14-39)15-40-16-24)27(11-29(34)38)17-41(2)18-30(43)36(45)37(46)31(44)19-42/h3-7,10-13,15-16,30-31,36-37,42-46H,8-9,17-21H2,1-2H3/t30-,31+,36+,37+/m1/s1. The molecule has 0 aliphatic carbocycles. The molecule has 12 nitrogen and oxygen atoms in total. The Balaban J connectivity index is 1.35. The first-order valence-corrected chi connectivity index (χ1v) is 16.4. The highest BCUT2D eigenvalue weighted by atomic mass is 35.5. The lowest BCUT2D eigenvalue weighted by Gasteiger charge is -2.29. The molecule has 0 unspecified atom stereocenters. The SMILES string of the molecule is Cc1c(COc2cc(OCc3cncc(C#N)c3)c(CN(C)C[C@@H](O)[C@H](O)[C@@H](O)[C@@H](O)CO)cc2Cl)cccc1-c1ccc2c(c1)OCCO2. The smallest absolute Gasteiger partial charge is 0.161 e. The lowest BCUT2D eigenvalue weighted by molar-refractivity contribution is -0.118. The van der Waals surface area contributed by atoms with Crippen molar-refractivity contribution in [3.63, 3.8) is 0 Å². The Hall–Kier alpha value is -4.45. The molecular formula is C37H40ClN3O9. The topological polar surface area (TPSA) is 178 Å². The number of nitriles is 1. The highest BCUT2D eigenvalue weighted by molar-refractivity contribution is 6.32. The number of halogens is 1. The molecule has 1 aliphatic rings. The van der Waals surface area contributed by atoms with Crippen LogP contribution in [0.2, 0.25) is 5.02 Å². The van der Waals surface area contributed by atoms with E-state index < -0.39 is 31.0 Å². The van der Waals surface area contributed by atoms with Crippen LogP contribution in [0.1, 0.15) is 27.8 Å². The van der Waals surface area contributed by atoms with Gasteiger partial charge in [-0.25, -0.2) is 0 Å². The van der Waals surface area contributed by atoms with Crippen LogP contribution in [0.4, 0.5) is 0 Å². The predicted octanol–water partition coefficient (Wildman–Crippen LogP) is 3.38. The first kappa shape index (κ1) is 36.8. The summed E-state index contributed by atoms with van der Waals surface area (Å²) < 4.78 is 23.9. The van der Waals surface area contributed by atoms with E-state index >= 15 is 0 Å². The van der Waals surface area contributed by atoms with Crippen molar-refractivity contribution in [2.75, 3.05) is 33.4 Å². The van der Waals surface area contributed by atoms with Gasteiger partial charge >= 0.3 is 0 Å². The summed E-state index contributed by atoms with van der Waals surface area (Å²) in [5, 5.41) is 59.2. The Kier molecular flexibility index (Phi) is 12.5. The molecule has 0 amide bonds. The first-order chi connectivity index (χ1) is 24.1. The van der Waals surface area contributed by atoms with Crippen molar-refractivity contribution in [2.24, 2.45) is 0 Å². The molecule has 13 heteroatoms. The van der Waals surface area contributed by atoms with Crippen molar-refractivity contribution in [2.45, 2.75) is 51.1 Å². The van der Waals surface area contributed by atoms with Crippen molar-refractivity contribution < 1.29 is 44.5 Å². The van der Waals surface area contributed by atoms with Gasteiger partial charge in [0.05, 0.1) is 23.3 Å². The zero-order valence-corrected chi connectivity index (χ0v) is 28.5. The highest BCUT2D eigenvalue weighted by Crippen LogP contribution is 2.38. The van der Waals surface area contributed by atoms with Crippen molar-refractivity contribution in [3.8, 4) is 40.2 Å². The minimum Gasteiger partial charge on any atom is -0.488 e. The van der Waals surface area contributed by atoms with Crippen LogP contribution in [0.15, 0.2) is 67.0 Å². The highest BCUT2D eigenvalue weighted by Gasteiger charge is 2.31. The number of aliphatic hydroxyl groups excluding tert-OH is 5. The number of benzene rings is 3. The molecule has 0 radical (unpaired) electrons. The van der Waals surface area contributed by atoms with Crippen LogP contribution in [-0.2, 0) is 19.8 Å². The lowest BCUT2D eigenvalue weighted by Crippen LogP contribution is -2.49. The molecule has 0 bridgehead atoms. The quantitative estimate of drug-likeness (QED) is 0.122. The van der Waals surface area contributed by atoms with E-state index in [0.717, 1.165) is 28.0 Å². The molecule has 3 aromatic carbocycles.